The molecule has 1 heterocycles. The highest BCUT2D eigenvalue weighted by molar-refractivity contribution is 8.00. The fraction of sp³-hybridized carbons (Fsp3) is 0.167. The minimum atomic E-state index is -0.955. The molecule has 0 aliphatic rings. The Balaban J connectivity index is 1.79. The standard InChI is InChI=1S/C18H15FN4O3S/c1-10(17(24)22-12-7-8-14(19)16(9-12)23(25)26)27-18-13-5-3-4-6-15(13)20-11(2)21-18/h3-10H,1-2H3,(H,22,24). The molecule has 0 spiro atoms. The molecule has 0 radical (unpaired) electrons. The first kappa shape index (κ1) is 18.7. The van der Waals surface area contributed by atoms with E-state index in [-0.39, 0.29) is 11.6 Å². The van der Waals surface area contributed by atoms with Crippen molar-refractivity contribution in [2.75, 3.05) is 5.32 Å². The van der Waals surface area contributed by atoms with Gasteiger partial charge in [0.15, 0.2) is 0 Å². The second kappa shape index (κ2) is 7.67. The van der Waals surface area contributed by atoms with Gasteiger partial charge in [0.1, 0.15) is 10.9 Å². The maximum atomic E-state index is 13.4. The average molecular weight is 386 g/mol. The van der Waals surface area contributed by atoms with Crippen LogP contribution in [0.25, 0.3) is 10.9 Å². The normalized spacial score (nSPS) is 12.0. The van der Waals surface area contributed by atoms with E-state index >= 15 is 0 Å². The number of anilines is 1. The summed E-state index contributed by atoms with van der Waals surface area (Å²) in [7, 11) is 0. The van der Waals surface area contributed by atoms with Crippen LogP contribution in [-0.4, -0.2) is 26.0 Å². The molecule has 0 fully saturated rings. The van der Waals surface area contributed by atoms with Crippen LogP contribution in [0.15, 0.2) is 47.5 Å². The predicted molar refractivity (Wildman–Crippen MR) is 101 cm³/mol. The van der Waals surface area contributed by atoms with Crippen LogP contribution in [0, 0.1) is 22.9 Å². The SMILES string of the molecule is Cc1nc(SC(C)C(=O)Nc2ccc(F)c([N+](=O)[O-])c2)c2ccccc2n1. The van der Waals surface area contributed by atoms with Crippen LogP contribution >= 0.6 is 11.8 Å². The molecule has 3 aromatic rings. The summed E-state index contributed by atoms with van der Waals surface area (Å²) >= 11 is 1.26. The van der Waals surface area contributed by atoms with E-state index in [1.807, 2.05) is 24.3 Å². The summed E-state index contributed by atoms with van der Waals surface area (Å²) in [5.41, 5.74) is 0.254. The molecule has 2 aromatic carbocycles. The number of halogens is 1. The fourth-order valence-electron chi connectivity index (χ4n) is 2.44. The number of amides is 1. The largest absolute Gasteiger partial charge is 0.325 e. The van der Waals surface area contributed by atoms with Gasteiger partial charge in [-0.05, 0) is 32.0 Å². The highest BCUT2D eigenvalue weighted by Gasteiger charge is 2.20. The van der Waals surface area contributed by atoms with Crippen molar-refractivity contribution in [2.45, 2.75) is 24.1 Å². The lowest BCUT2D eigenvalue weighted by Gasteiger charge is -2.13. The Morgan fingerprint density at radius 2 is 2.00 bits per heavy atom. The van der Waals surface area contributed by atoms with Gasteiger partial charge in [-0.3, -0.25) is 14.9 Å². The first-order chi connectivity index (χ1) is 12.8. The number of nitro groups is 1. The van der Waals surface area contributed by atoms with E-state index in [4.69, 9.17) is 0 Å². The van der Waals surface area contributed by atoms with Crippen LogP contribution < -0.4 is 5.32 Å². The van der Waals surface area contributed by atoms with E-state index < -0.39 is 21.7 Å². The van der Waals surface area contributed by atoms with Crippen molar-refractivity contribution in [1.29, 1.82) is 0 Å². The Kier molecular flexibility index (Phi) is 5.31. The molecule has 7 nitrogen and oxygen atoms in total. The number of hydrogen-bond donors (Lipinski definition) is 1. The summed E-state index contributed by atoms with van der Waals surface area (Å²) < 4.78 is 13.4. The lowest BCUT2D eigenvalue weighted by Crippen LogP contribution is -2.22. The summed E-state index contributed by atoms with van der Waals surface area (Å²) in [4.78, 5) is 31.2. The molecule has 138 valence electrons. The first-order valence-corrected chi connectivity index (χ1v) is 8.88. The van der Waals surface area contributed by atoms with Crippen molar-refractivity contribution >= 4 is 39.9 Å². The van der Waals surface area contributed by atoms with Gasteiger partial charge >= 0.3 is 5.69 Å². The van der Waals surface area contributed by atoms with Gasteiger partial charge in [0.05, 0.1) is 15.7 Å². The molecule has 1 N–H and O–H groups in total. The molecule has 9 heteroatoms. The number of carbonyl (C=O) groups is 1. The summed E-state index contributed by atoms with van der Waals surface area (Å²) in [5, 5.41) is 14.4. The van der Waals surface area contributed by atoms with E-state index in [2.05, 4.69) is 15.3 Å². The summed E-state index contributed by atoms with van der Waals surface area (Å²) in [6, 6.07) is 10.7. The Morgan fingerprint density at radius 1 is 1.26 bits per heavy atom. The Hall–Kier alpha value is -3.07. The molecular formula is C18H15FN4O3S. The predicted octanol–water partition coefficient (Wildman–Crippen LogP) is 4.10. The zero-order valence-corrected chi connectivity index (χ0v) is 15.3. The maximum absolute atomic E-state index is 13.4. The smallest absolute Gasteiger partial charge is 0.306 e. The number of para-hydroxylation sites is 1. The molecular weight excluding hydrogens is 371 g/mol. The van der Waals surface area contributed by atoms with Crippen molar-refractivity contribution in [1.82, 2.24) is 9.97 Å². The highest BCUT2D eigenvalue weighted by atomic mass is 32.2. The van der Waals surface area contributed by atoms with Crippen molar-refractivity contribution < 1.29 is 14.1 Å². The zero-order valence-electron chi connectivity index (χ0n) is 14.5. The zero-order chi connectivity index (χ0) is 19.6. The number of rotatable bonds is 5. The van der Waals surface area contributed by atoms with Crippen molar-refractivity contribution in [3.8, 4) is 0 Å². The second-order valence-corrected chi connectivity index (χ2v) is 7.10. The van der Waals surface area contributed by atoms with Gasteiger partial charge in [-0.2, -0.15) is 4.39 Å². The van der Waals surface area contributed by atoms with Gasteiger partial charge in [0.2, 0.25) is 11.7 Å². The van der Waals surface area contributed by atoms with Gasteiger partial charge in [0, 0.05) is 17.1 Å². The minimum absolute atomic E-state index is 0.157. The highest BCUT2D eigenvalue weighted by Crippen LogP contribution is 2.29. The van der Waals surface area contributed by atoms with Gasteiger partial charge in [-0.1, -0.05) is 30.0 Å². The minimum Gasteiger partial charge on any atom is -0.325 e. The molecule has 0 aliphatic carbocycles. The van der Waals surface area contributed by atoms with Crippen molar-refractivity contribution in [2.24, 2.45) is 0 Å². The monoisotopic (exact) mass is 386 g/mol. The number of carbonyl (C=O) groups excluding carboxylic acids is 1. The van der Waals surface area contributed by atoms with E-state index in [0.717, 1.165) is 23.0 Å². The van der Waals surface area contributed by atoms with Crippen molar-refractivity contribution in [3.63, 3.8) is 0 Å². The molecule has 0 saturated heterocycles. The lowest BCUT2D eigenvalue weighted by molar-refractivity contribution is -0.387. The summed E-state index contributed by atoms with van der Waals surface area (Å²) in [6.45, 7) is 3.48. The Morgan fingerprint density at radius 3 is 2.74 bits per heavy atom. The van der Waals surface area contributed by atoms with E-state index in [0.29, 0.717) is 10.9 Å². The quantitative estimate of drug-likeness (QED) is 0.307. The molecule has 3 rings (SSSR count). The average Bonchev–Trinajstić information content (AvgIpc) is 2.62. The summed E-state index contributed by atoms with van der Waals surface area (Å²) in [6.07, 6.45) is 0. The van der Waals surface area contributed by atoms with E-state index in [9.17, 15) is 19.3 Å². The number of hydrogen-bond acceptors (Lipinski definition) is 6. The van der Waals surface area contributed by atoms with Crippen LogP contribution in [-0.2, 0) is 4.79 Å². The third kappa shape index (κ3) is 4.20. The Labute approximate surface area is 158 Å². The van der Waals surface area contributed by atoms with Crippen LogP contribution in [0.2, 0.25) is 0 Å². The summed E-state index contributed by atoms with van der Waals surface area (Å²) in [5.74, 6) is -0.734. The van der Waals surface area contributed by atoms with Gasteiger partial charge < -0.3 is 5.32 Å². The van der Waals surface area contributed by atoms with Gasteiger partial charge in [-0.15, -0.1) is 0 Å². The molecule has 0 saturated carbocycles. The second-order valence-electron chi connectivity index (χ2n) is 5.77. The molecule has 27 heavy (non-hydrogen) atoms. The van der Waals surface area contributed by atoms with Crippen LogP contribution in [0.3, 0.4) is 0 Å². The van der Waals surface area contributed by atoms with Crippen molar-refractivity contribution in [3.05, 3.63) is 64.2 Å². The lowest BCUT2D eigenvalue weighted by atomic mass is 10.2. The molecule has 1 aromatic heterocycles. The number of nitrogens with one attached hydrogen (secondary N) is 1. The van der Waals surface area contributed by atoms with Crippen LogP contribution in [0.4, 0.5) is 15.8 Å². The molecule has 1 amide bonds. The van der Waals surface area contributed by atoms with Crippen LogP contribution in [0.1, 0.15) is 12.7 Å². The number of nitro benzene ring substituents is 1. The van der Waals surface area contributed by atoms with E-state index in [1.54, 1.807) is 13.8 Å². The third-order valence-electron chi connectivity index (χ3n) is 3.75. The van der Waals surface area contributed by atoms with Gasteiger partial charge in [0.25, 0.3) is 0 Å². The van der Waals surface area contributed by atoms with Gasteiger partial charge in [-0.25, -0.2) is 9.97 Å². The molecule has 1 atom stereocenters. The number of nitrogens with zero attached hydrogens (tertiary/aromatic N) is 3. The third-order valence-corrected chi connectivity index (χ3v) is 4.85. The topological polar surface area (TPSA) is 98.0 Å². The number of thioether (sulfide) groups is 1. The molecule has 0 aliphatic heterocycles. The fourth-order valence-corrected chi connectivity index (χ4v) is 3.43. The number of benzene rings is 2. The molecule has 0 bridgehead atoms. The maximum Gasteiger partial charge on any atom is 0.306 e. The Bertz CT molecular complexity index is 1040. The number of fused-ring (bicyclic) bond motifs is 1. The molecule has 1 unspecified atom stereocenters. The first-order valence-electron chi connectivity index (χ1n) is 8.00. The number of aryl methyl sites for hydroxylation is 1. The van der Waals surface area contributed by atoms with Crippen LogP contribution in [0.5, 0.6) is 0 Å². The van der Waals surface area contributed by atoms with E-state index in [1.165, 1.54) is 17.8 Å². The number of aromatic nitrogens is 2.